The van der Waals surface area contributed by atoms with Gasteiger partial charge in [0.05, 0.1) is 22.7 Å². The van der Waals surface area contributed by atoms with Crippen LogP contribution in [0.4, 0.5) is 5.82 Å². The number of aromatic amines is 1. The molecular weight excluding hydrogens is 534 g/mol. The second-order valence-corrected chi connectivity index (χ2v) is 10.4. The first-order valence-corrected chi connectivity index (χ1v) is 14.1. The third-order valence-corrected chi connectivity index (χ3v) is 7.67. The SMILES string of the molecule is CCOc1ccc2ccccc2c1C(=O)Nc1cc(-c2cccs2)nn1-c1nc(C)c(Cc2ccccc2)c(=O)[nH]1. The van der Waals surface area contributed by atoms with Gasteiger partial charge in [-0.2, -0.15) is 9.78 Å². The largest absolute Gasteiger partial charge is 0.493 e. The van der Waals surface area contributed by atoms with Gasteiger partial charge >= 0.3 is 0 Å². The van der Waals surface area contributed by atoms with Gasteiger partial charge in [-0.25, -0.2) is 4.98 Å². The minimum Gasteiger partial charge on any atom is -0.493 e. The Labute approximate surface area is 240 Å². The molecule has 3 aromatic carbocycles. The van der Waals surface area contributed by atoms with Gasteiger partial charge in [0.15, 0.2) is 0 Å². The predicted molar refractivity (Wildman–Crippen MR) is 162 cm³/mol. The zero-order valence-corrected chi connectivity index (χ0v) is 23.4. The van der Waals surface area contributed by atoms with Gasteiger partial charge in [-0.05, 0) is 47.7 Å². The molecule has 0 spiro atoms. The van der Waals surface area contributed by atoms with Gasteiger partial charge < -0.3 is 10.1 Å². The molecule has 0 aliphatic carbocycles. The minimum absolute atomic E-state index is 0.213. The summed E-state index contributed by atoms with van der Waals surface area (Å²) in [6, 6.07) is 26.9. The van der Waals surface area contributed by atoms with Crippen molar-refractivity contribution < 1.29 is 9.53 Å². The van der Waals surface area contributed by atoms with Gasteiger partial charge in [-0.3, -0.25) is 14.6 Å². The number of H-pyrrole nitrogens is 1. The Bertz CT molecular complexity index is 1910. The van der Waals surface area contributed by atoms with Gasteiger partial charge in [0.1, 0.15) is 17.3 Å². The molecule has 0 aliphatic heterocycles. The fourth-order valence-electron chi connectivity index (χ4n) is 4.82. The highest BCUT2D eigenvalue weighted by Crippen LogP contribution is 2.31. The van der Waals surface area contributed by atoms with E-state index in [-0.39, 0.29) is 17.4 Å². The number of amides is 1. The molecule has 0 saturated carbocycles. The van der Waals surface area contributed by atoms with Gasteiger partial charge in [-0.15, -0.1) is 11.3 Å². The molecule has 0 fully saturated rings. The van der Waals surface area contributed by atoms with Crippen LogP contribution in [0.3, 0.4) is 0 Å². The number of thiophene rings is 1. The van der Waals surface area contributed by atoms with Crippen molar-refractivity contribution in [3.05, 3.63) is 123 Å². The zero-order chi connectivity index (χ0) is 28.3. The first-order chi connectivity index (χ1) is 20.0. The second kappa shape index (κ2) is 11.2. The first-order valence-electron chi connectivity index (χ1n) is 13.3. The molecule has 1 amide bonds. The average Bonchev–Trinajstić information content (AvgIpc) is 3.66. The number of carbonyl (C=O) groups excluding carboxylic acids is 1. The van der Waals surface area contributed by atoms with Crippen LogP contribution >= 0.6 is 11.3 Å². The Kier molecular flexibility index (Phi) is 7.18. The molecule has 9 heteroatoms. The zero-order valence-electron chi connectivity index (χ0n) is 22.5. The highest BCUT2D eigenvalue weighted by Gasteiger charge is 2.22. The maximum Gasteiger partial charge on any atom is 0.261 e. The van der Waals surface area contributed by atoms with Gasteiger partial charge in [0.25, 0.3) is 11.5 Å². The molecule has 204 valence electrons. The molecule has 6 aromatic rings. The summed E-state index contributed by atoms with van der Waals surface area (Å²) in [5, 5.41) is 11.4. The van der Waals surface area contributed by atoms with Crippen molar-refractivity contribution in [3.63, 3.8) is 0 Å². The van der Waals surface area contributed by atoms with E-state index in [9.17, 15) is 9.59 Å². The van der Waals surface area contributed by atoms with Gasteiger partial charge in [0, 0.05) is 18.1 Å². The average molecular weight is 562 g/mol. The van der Waals surface area contributed by atoms with Crippen LogP contribution in [0.1, 0.15) is 34.1 Å². The van der Waals surface area contributed by atoms with Crippen molar-refractivity contribution in [2.24, 2.45) is 0 Å². The van der Waals surface area contributed by atoms with E-state index in [4.69, 9.17) is 14.8 Å². The lowest BCUT2D eigenvalue weighted by Gasteiger charge is -2.14. The minimum atomic E-state index is -0.358. The van der Waals surface area contributed by atoms with Crippen LogP contribution in [0.2, 0.25) is 0 Å². The Morgan fingerprint density at radius 3 is 2.59 bits per heavy atom. The number of hydrogen-bond acceptors (Lipinski definition) is 6. The lowest BCUT2D eigenvalue weighted by Crippen LogP contribution is -2.22. The van der Waals surface area contributed by atoms with Crippen molar-refractivity contribution in [1.82, 2.24) is 19.7 Å². The number of anilines is 1. The molecule has 3 aromatic heterocycles. The summed E-state index contributed by atoms with van der Waals surface area (Å²) < 4.78 is 7.31. The van der Waals surface area contributed by atoms with E-state index >= 15 is 0 Å². The first kappa shape index (κ1) is 26.2. The van der Waals surface area contributed by atoms with Crippen molar-refractivity contribution in [2.75, 3.05) is 11.9 Å². The molecule has 6 rings (SSSR count). The molecule has 0 radical (unpaired) electrons. The quantitative estimate of drug-likeness (QED) is 0.224. The molecule has 0 unspecified atom stereocenters. The van der Waals surface area contributed by atoms with Gasteiger partial charge in [-0.1, -0.05) is 66.7 Å². The summed E-state index contributed by atoms with van der Waals surface area (Å²) in [5.74, 6) is 0.710. The molecule has 0 aliphatic rings. The van der Waals surface area contributed by atoms with Crippen LogP contribution in [-0.2, 0) is 6.42 Å². The molecule has 8 nitrogen and oxygen atoms in total. The number of ether oxygens (including phenoxy) is 1. The molecular formula is C32H27N5O3S. The second-order valence-electron chi connectivity index (χ2n) is 9.47. The predicted octanol–water partition coefficient (Wildman–Crippen LogP) is 6.39. The van der Waals surface area contributed by atoms with E-state index in [0.29, 0.717) is 47.1 Å². The van der Waals surface area contributed by atoms with E-state index in [1.54, 1.807) is 6.07 Å². The summed E-state index contributed by atoms with van der Waals surface area (Å²) in [6.07, 6.45) is 0.458. The molecule has 3 heterocycles. The third-order valence-electron chi connectivity index (χ3n) is 6.78. The van der Waals surface area contributed by atoms with E-state index in [2.05, 4.69) is 10.3 Å². The number of hydrogen-bond donors (Lipinski definition) is 2. The maximum atomic E-state index is 13.9. The number of nitrogens with zero attached hydrogens (tertiary/aromatic N) is 3. The summed E-state index contributed by atoms with van der Waals surface area (Å²) in [7, 11) is 0. The lowest BCUT2D eigenvalue weighted by molar-refractivity contribution is 0.102. The van der Waals surface area contributed by atoms with E-state index in [0.717, 1.165) is 21.2 Å². The van der Waals surface area contributed by atoms with Crippen LogP contribution in [0.25, 0.3) is 27.3 Å². The molecule has 41 heavy (non-hydrogen) atoms. The summed E-state index contributed by atoms with van der Waals surface area (Å²) in [5.41, 5.74) is 2.99. The summed E-state index contributed by atoms with van der Waals surface area (Å²) in [4.78, 5) is 35.6. The van der Waals surface area contributed by atoms with E-state index in [1.807, 2.05) is 98.1 Å². The Morgan fingerprint density at radius 2 is 1.83 bits per heavy atom. The Hall–Kier alpha value is -5.02. The van der Waals surface area contributed by atoms with Crippen LogP contribution in [0, 0.1) is 6.92 Å². The smallest absolute Gasteiger partial charge is 0.261 e. The van der Waals surface area contributed by atoms with Gasteiger partial charge in [0.2, 0.25) is 5.95 Å². The number of rotatable bonds is 8. The van der Waals surface area contributed by atoms with Crippen LogP contribution in [0.15, 0.2) is 95.1 Å². The third kappa shape index (κ3) is 5.27. The number of aryl methyl sites for hydroxylation is 1. The number of nitrogens with one attached hydrogen (secondary N) is 2. The number of fused-ring (bicyclic) bond motifs is 1. The fourth-order valence-corrected chi connectivity index (χ4v) is 5.50. The summed E-state index contributed by atoms with van der Waals surface area (Å²) >= 11 is 1.53. The van der Waals surface area contributed by atoms with Crippen molar-refractivity contribution in [1.29, 1.82) is 0 Å². The Morgan fingerprint density at radius 1 is 1.02 bits per heavy atom. The highest BCUT2D eigenvalue weighted by molar-refractivity contribution is 7.13. The van der Waals surface area contributed by atoms with Crippen molar-refractivity contribution in [2.45, 2.75) is 20.3 Å². The maximum absolute atomic E-state index is 13.9. The number of aromatic nitrogens is 4. The van der Waals surface area contributed by atoms with Crippen LogP contribution in [0.5, 0.6) is 5.75 Å². The topological polar surface area (TPSA) is 102 Å². The van der Waals surface area contributed by atoms with Crippen LogP contribution < -0.4 is 15.6 Å². The monoisotopic (exact) mass is 561 g/mol. The van der Waals surface area contributed by atoms with Crippen molar-refractivity contribution >= 4 is 33.8 Å². The normalized spacial score (nSPS) is 11.1. The van der Waals surface area contributed by atoms with E-state index in [1.165, 1.54) is 16.0 Å². The number of carbonyl (C=O) groups is 1. The molecule has 2 N–H and O–H groups in total. The molecule has 0 saturated heterocycles. The standard InChI is InChI=1S/C32H27N5O3S/c1-3-40-26-16-15-22-12-7-8-13-23(22)29(26)31(39)34-28-19-25(27-14-9-17-41-27)36-37(28)32-33-20(2)24(30(38)35-32)18-21-10-5-4-6-11-21/h4-17,19H,3,18H2,1-2H3,(H,34,39)(H,33,35,38). The lowest BCUT2D eigenvalue weighted by atomic mass is 10.0. The Balaban J connectivity index is 1.43. The van der Waals surface area contributed by atoms with Crippen LogP contribution in [-0.4, -0.2) is 32.3 Å². The fraction of sp³-hybridized carbons (Fsp3) is 0.125. The summed E-state index contributed by atoms with van der Waals surface area (Å²) in [6.45, 7) is 4.10. The highest BCUT2D eigenvalue weighted by atomic mass is 32.1. The van der Waals surface area contributed by atoms with E-state index < -0.39 is 0 Å². The molecule has 0 bridgehead atoms. The molecule has 0 atom stereocenters. The van der Waals surface area contributed by atoms with Crippen molar-refractivity contribution in [3.8, 4) is 22.3 Å². The number of benzene rings is 3.